The summed E-state index contributed by atoms with van der Waals surface area (Å²) >= 11 is 0. The van der Waals surface area contributed by atoms with E-state index in [9.17, 15) is 0 Å². The van der Waals surface area contributed by atoms with E-state index in [4.69, 9.17) is 8.85 Å². The summed E-state index contributed by atoms with van der Waals surface area (Å²) < 4.78 is 11.5. The molecule has 0 saturated carbocycles. The van der Waals surface area contributed by atoms with Crippen molar-refractivity contribution < 1.29 is 8.85 Å². The molecule has 0 aliphatic heterocycles. The van der Waals surface area contributed by atoms with Gasteiger partial charge in [-0.15, -0.1) is 0 Å². The molecule has 0 spiro atoms. The highest BCUT2D eigenvalue weighted by Gasteiger charge is 2.33. The third kappa shape index (κ3) is 3.69. The van der Waals surface area contributed by atoms with E-state index in [1.54, 1.807) is 0 Å². The fourth-order valence-corrected chi connectivity index (χ4v) is 4.04. The predicted molar refractivity (Wildman–Crippen MR) is 54.3 cm³/mol. The lowest BCUT2D eigenvalue weighted by molar-refractivity contribution is 0.185. The first-order valence-corrected chi connectivity index (χ1v) is 7.03. The number of hydrogen-bond donors (Lipinski definition) is 0. The third-order valence-electron chi connectivity index (χ3n) is 1.87. The second-order valence-corrected chi connectivity index (χ2v) is 6.26. The predicted octanol–water partition coefficient (Wildman–Crippen LogP) is 2.75. The molecule has 0 aromatic heterocycles. The van der Waals surface area contributed by atoms with Gasteiger partial charge in [0.05, 0.1) is 0 Å². The molecule has 0 aromatic rings. The minimum absolute atomic E-state index is 0.772. The van der Waals surface area contributed by atoms with Crippen LogP contribution in [0.3, 0.4) is 0 Å². The van der Waals surface area contributed by atoms with Crippen molar-refractivity contribution in [3.05, 3.63) is 6.42 Å². The molecular formula is C9H21O2Si. The van der Waals surface area contributed by atoms with Crippen LogP contribution in [0, 0.1) is 6.42 Å². The SMILES string of the molecule is C[CH]C[Si](CC)(OCC)OCC. The Bertz CT molecular complexity index is 89.7. The van der Waals surface area contributed by atoms with Gasteiger partial charge in [0.1, 0.15) is 0 Å². The Morgan fingerprint density at radius 2 is 1.58 bits per heavy atom. The molecule has 2 nitrogen and oxygen atoms in total. The van der Waals surface area contributed by atoms with E-state index in [-0.39, 0.29) is 0 Å². The van der Waals surface area contributed by atoms with Crippen LogP contribution in [0.15, 0.2) is 0 Å². The summed E-state index contributed by atoms with van der Waals surface area (Å²) in [6, 6.07) is 2.05. The van der Waals surface area contributed by atoms with Crippen molar-refractivity contribution in [1.29, 1.82) is 0 Å². The van der Waals surface area contributed by atoms with Gasteiger partial charge in [-0.05, 0) is 32.4 Å². The smallest absolute Gasteiger partial charge is 0.338 e. The van der Waals surface area contributed by atoms with E-state index in [0.29, 0.717) is 0 Å². The molecule has 0 fully saturated rings. The monoisotopic (exact) mass is 189 g/mol. The fourth-order valence-electron chi connectivity index (χ4n) is 1.35. The Hall–Kier alpha value is 0.137. The van der Waals surface area contributed by atoms with Crippen molar-refractivity contribution in [2.45, 2.75) is 39.8 Å². The van der Waals surface area contributed by atoms with Crippen LogP contribution < -0.4 is 0 Å². The maximum Gasteiger partial charge on any atom is 0.338 e. The van der Waals surface area contributed by atoms with Crippen LogP contribution in [-0.4, -0.2) is 21.8 Å². The molecule has 0 saturated heterocycles. The van der Waals surface area contributed by atoms with Crippen LogP contribution in [0.25, 0.3) is 0 Å². The molecule has 0 amide bonds. The highest BCUT2D eigenvalue weighted by atomic mass is 28.4. The molecule has 0 aliphatic carbocycles. The normalized spacial score (nSPS) is 12.0. The van der Waals surface area contributed by atoms with Gasteiger partial charge in [0.25, 0.3) is 0 Å². The van der Waals surface area contributed by atoms with Crippen molar-refractivity contribution in [2.24, 2.45) is 0 Å². The second kappa shape index (κ2) is 6.63. The average molecular weight is 189 g/mol. The van der Waals surface area contributed by atoms with Gasteiger partial charge in [0.15, 0.2) is 0 Å². The van der Waals surface area contributed by atoms with Crippen molar-refractivity contribution in [2.75, 3.05) is 13.2 Å². The number of hydrogen-bond acceptors (Lipinski definition) is 2. The summed E-state index contributed by atoms with van der Waals surface area (Å²) in [6.45, 7) is 9.83. The highest BCUT2D eigenvalue weighted by Crippen LogP contribution is 2.19. The standard InChI is InChI=1S/C9H21O2Si/c1-5-9-12(8-4,10-6-2)11-7-3/h5H,6-9H2,1-4H3. The molecule has 12 heavy (non-hydrogen) atoms. The van der Waals surface area contributed by atoms with Crippen molar-refractivity contribution in [1.82, 2.24) is 0 Å². The van der Waals surface area contributed by atoms with Gasteiger partial charge in [-0.25, -0.2) is 0 Å². The average Bonchev–Trinajstić information content (AvgIpc) is 2.06. The Kier molecular flexibility index (Phi) is 6.71. The van der Waals surface area contributed by atoms with Gasteiger partial charge < -0.3 is 8.85 Å². The Labute approximate surface area is 77.5 Å². The zero-order valence-corrected chi connectivity index (χ0v) is 9.72. The quantitative estimate of drug-likeness (QED) is 0.573. The Morgan fingerprint density at radius 3 is 1.83 bits per heavy atom. The van der Waals surface area contributed by atoms with E-state index in [1.165, 1.54) is 0 Å². The maximum atomic E-state index is 5.74. The van der Waals surface area contributed by atoms with Crippen LogP contribution in [0.5, 0.6) is 0 Å². The molecule has 73 valence electrons. The zero-order valence-electron chi connectivity index (χ0n) is 8.72. The lowest BCUT2D eigenvalue weighted by Crippen LogP contribution is -2.41. The molecule has 0 atom stereocenters. The van der Waals surface area contributed by atoms with Crippen LogP contribution >= 0.6 is 0 Å². The van der Waals surface area contributed by atoms with E-state index >= 15 is 0 Å². The van der Waals surface area contributed by atoms with E-state index in [1.807, 2.05) is 13.8 Å². The molecule has 0 heterocycles. The summed E-state index contributed by atoms with van der Waals surface area (Å²) in [5, 5.41) is 0. The first-order chi connectivity index (χ1) is 5.74. The van der Waals surface area contributed by atoms with Crippen LogP contribution in [0.4, 0.5) is 0 Å². The third-order valence-corrected chi connectivity index (χ3v) is 5.61. The Morgan fingerprint density at radius 1 is 1.08 bits per heavy atom. The molecular weight excluding hydrogens is 168 g/mol. The first-order valence-electron chi connectivity index (χ1n) is 4.80. The lowest BCUT2D eigenvalue weighted by atomic mass is 10.6. The minimum atomic E-state index is -1.83. The second-order valence-electron chi connectivity index (χ2n) is 2.74. The minimum Gasteiger partial charge on any atom is -0.394 e. The first kappa shape index (κ1) is 12.1. The van der Waals surface area contributed by atoms with Crippen molar-refractivity contribution in [3.63, 3.8) is 0 Å². The van der Waals surface area contributed by atoms with Gasteiger partial charge in [-0.1, -0.05) is 13.8 Å². The highest BCUT2D eigenvalue weighted by molar-refractivity contribution is 6.67. The summed E-state index contributed by atoms with van der Waals surface area (Å²) in [5.74, 6) is 0. The maximum absolute atomic E-state index is 5.74. The van der Waals surface area contributed by atoms with E-state index in [2.05, 4.69) is 20.3 Å². The van der Waals surface area contributed by atoms with Crippen LogP contribution in [0.1, 0.15) is 27.7 Å². The molecule has 3 heteroatoms. The molecule has 0 bridgehead atoms. The number of rotatable bonds is 7. The molecule has 0 unspecified atom stereocenters. The largest absolute Gasteiger partial charge is 0.394 e. The van der Waals surface area contributed by atoms with Gasteiger partial charge in [0.2, 0.25) is 0 Å². The van der Waals surface area contributed by atoms with E-state index < -0.39 is 8.56 Å². The van der Waals surface area contributed by atoms with Crippen molar-refractivity contribution in [3.8, 4) is 0 Å². The summed E-state index contributed by atoms with van der Waals surface area (Å²) in [6.07, 6.45) is 2.15. The molecule has 1 radical (unpaired) electrons. The van der Waals surface area contributed by atoms with Gasteiger partial charge in [-0.2, -0.15) is 0 Å². The lowest BCUT2D eigenvalue weighted by Gasteiger charge is -2.28. The molecule has 0 N–H and O–H groups in total. The summed E-state index contributed by atoms with van der Waals surface area (Å²) in [4.78, 5) is 0. The fraction of sp³-hybridized carbons (Fsp3) is 0.889. The van der Waals surface area contributed by atoms with E-state index in [0.717, 1.165) is 25.3 Å². The van der Waals surface area contributed by atoms with Crippen LogP contribution in [0.2, 0.25) is 12.1 Å². The zero-order chi connectivity index (χ0) is 9.45. The molecule has 0 aromatic carbocycles. The topological polar surface area (TPSA) is 18.5 Å². The molecule has 0 aliphatic rings. The Balaban J connectivity index is 4.06. The molecule has 0 rings (SSSR count). The van der Waals surface area contributed by atoms with Gasteiger partial charge >= 0.3 is 8.56 Å². The summed E-state index contributed by atoms with van der Waals surface area (Å²) in [5.41, 5.74) is 0. The van der Waals surface area contributed by atoms with Gasteiger partial charge in [-0.3, -0.25) is 0 Å². The summed E-state index contributed by atoms with van der Waals surface area (Å²) in [7, 11) is -1.83. The van der Waals surface area contributed by atoms with Gasteiger partial charge in [0, 0.05) is 13.2 Å². The van der Waals surface area contributed by atoms with Crippen LogP contribution in [-0.2, 0) is 8.85 Å². The van der Waals surface area contributed by atoms with Crippen molar-refractivity contribution >= 4 is 8.56 Å².